The van der Waals surface area contributed by atoms with Crippen LogP contribution in [0.5, 0.6) is 0 Å². The highest BCUT2D eigenvalue weighted by Crippen LogP contribution is 2.26. The fourth-order valence-corrected chi connectivity index (χ4v) is 4.31. The first-order chi connectivity index (χ1) is 14.5. The number of hydrogen-bond donors (Lipinski definition) is 2. The van der Waals surface area contributed by atoms with Crippen LogP contribution in [0.15, 0.2) is 18.2 Å². The summed E-state index contributed by atoms with van der Waals surface area (Å²) in [4.78, 5) is 29.8. The third-order valence-electron chi connectivity index (χ3n) is 6.18. The van der Waals surface area contributed by atoms with Crippen LogP contribution in [0.3, 0.4) is 0 Å². The number of aliphatic hydroxyl groups is 1. The van der Waals surface area contributed by atoms with E-state index in [0.717, 1.165) is 43.6 Å². The maximum Gasteiger partial charge on any atom is 0.253 e. The number of rotatable bonds is 2. The molecule has 0 atom stereocenters. The van der Waals surface area contributed by atoms with E-state index in [4.69, 9.17) is 0 Å². The summed E-state index contributed by atoms with van der Waals surface area (Å²) in [5.41, 5.74) is 2.59. The van der Waals surface area contributed by atoms with E-state index in [2.05, 4.69) is 5.32 Å². The van der Waals surface area contributed by atoms with E-state index in [1.54, 1.807) is 0 Å². The molecule has 0 bridgehead atoms. The molecular weight excluding hydrogens is 378 g/mol. The third-order valence-corrected chi connectivity index (χ3v) is 6.18. The van der Waals surface area contributed by atoms with Gasteiger partial charge in [0.15, 0.2) is 0 Å². The van der Waals surface area contributed by atoms with Gasteiger partial charge in [-0.2, -0.15) is 0 Å². The van der Waals surface area contributed by atoms with Gasteiger partial charge in [-0.25, -0.2) is 0 Å². The standard InChI is InChI=1S/C24H37N3O3/c1-18(2)23(29)27-13-7-5-3-4-6-12-25-17-20-16-19(8-9-22(20)27)24(30)26-14-10-21(28)11-15-26/h8-9,16,18,21,25,28H,3-7,10-15,17H2,1-2H3. The minimum absolute atomic E-state index is 0.0116. The normalized spacial score (nSPS) is 19.7. The molecule has 30 heavy (non-hydrogen) atoms. The molecule has 3 rings (SSSR count). The smallest absolute Gasteiger partial charge is 0.253 e. The molecule has 2 N–H and O–H groups in total. The Morgan fingerprint density at radius 3 is 2.47 bits per heavy atom. The summed E-state index contributed by atoms with van der Waals surface area (Å²) in [5, 5.41) is 13.2. The summed E-state index contributed by atoms with van der Waals surface area (Å²) in [6, 6.07) is 5.77. The fraction of sp³-hybridized carbons (Fsp3) is 0.667. The highest BCUT2D eigenvalue weighted by molar-refractivity contribution is 5.98. The molecule has 0 aromatic heterocycles. The van der Waals surface area contributed by atoms with Crippen LogP contribution in [0, 0.1) is 5.92 Å². The molecule has 0 saturated carbocycles. The first-order valence-electron chi connectivity index (χ1n) is 11.6. The van der Waals surface area contributed by atoms with Gasteiger partial charge >= 0.3 is 0 Å². The van der Waals surface area contributed by atoms with Crippen molar-refractivity contribution in [2.75, 3.05) is 31.1 Å². The number of nitrogens with zero attached hydrogens (tertiary/aromatic N) is 2. The lowest BCUT2D eigenvalue weighted by Crippen LogP contribution is -2.40. The van der Waals surface area contributed by atoms with E-state index in [0.29, 0.717) is 38.0 Å². The van der Waals surface area contributed by atoms with E-state index in [1.165, 1.54) is 12.8 Å². The summed E-state index contributed by atoms with van der Waals surface area (Å²) >= 11 is 0. The van der Waals surface area contributed by atoms with E-state index >= 15 is 0 Å². The minimum Gasteiger partial charge on any atom is -0.393 e. The fourth-order valence-electron chi connectivity index (χ4n) is 4.31. The first kappa shape index (κ1) is 22.8. The van der Waals surface area contributed by atoms with Gasteiger partial charge in [-0.3, -0.25) is 9.59 Å². The van der Waals surface area contributed by atoms with Crippen molar-refractivity contribution >= 4 is 17.5 Å². The third kappa shape index (κ3) is 5.82. The summed E-state index contributed by atoms with van der Waals surface area (Å²) in [5.74, 6) is 0.0785. The summed E-state index contributed by atoms with van der Waals surface area (Å²) in [6.45, 7) is 7.39. The molecule has 0 spiro atoms. The first-order valence-corrected chi connectivity index (χ1v) is 11.6. The topological polar surface area (TPSA) is 72.9 Å². The van der Waals surface area contributed by atoms with Gasteiger partial charge in [0.05, 0.1) is 6.10 Å². The Bertz CT molecular complexity index is 726. The van der Waals surface area contributed by atoms with Crippen molar-refractivity contribution in [2.45, 2.75) is 71.4 Å². The minimum atomic E-state index is -0.301. The average molecular weight is 416 g/mol. The zero-order chi connectivity index (χ0) is 21.5. The van der Waals surface area contributed by atoms with Crippen LogP contribution in [-0.4, -0.2) is 54.1 Å². The Morgan fingerprint density at radius 1 is 1.03 bits per heavy atom. The second kappa shape index (κ2) is 10.9. The maximum atomic E-state index is 13.0. The number of benzene rings is 1. The van der Waals surface area contributed by atoms with Gasteiger partial charge < -0.3 is 20.2 Å². The Labute approximate surface area is 180 Å². The van der Waals surface area contributed by atoms with E-state index in [9.17, 15) is 14.7 Å². The van der Waals surface area contributed by atoms with Gasteiger partial charge in [0, 0.05) is 43.3 Å². The second-order valence-electron chi connectivity index (χ2n) is 8.96. The van der Waals surface area contributed by atoms with Crippen molar-refractivity contribution in [1.82, 2.24) is 10.2 Å². The van der Waals surface area contributed by atoms with Gasteiger partial charge in [0.25, 0.3) is 5.91 Å². The Hall–Kier alpha value is -1.92. The Morgan fingerprint density at radius 2 is 1.73 bits per heavy atom. The quantitative estimate of drug-likeness (QED) is 0.777. The van der Waals surface area contributed by atoms with E-state index < -0.39 is 0 Å². The van der Waals surface area contributed by atoms with Crippen LogP contribution in [0.1, 0.15) is 74.7 Å². The molecule has 2 amide bonds. The zero-order valence-electron chi connectivity index (χ0n) is 18.5. The van der Waals surface area contributed by atoms with Crippen LogP contribution in [-0.2, 0) is 11.3 Å². The monoisotopic (exact) mass is 415 g/mol. The van der Waals surface area contributed by atoms with Crippen molar-refractivity contribution in [3.8, 4) is 0 Å². The van der Waals surface area contributed by atoms with Crippen molar-refractivity contribution in [2.24, 2.45) is 5.92 Å². The number of anilines is 1. The maximum absolute atomic E-state index is 13.0. The molecule has 2 aliphatic rings. The molecule has 2 aliphatic heterocycles. The molecule has 1 saturated heterocycles. The van der Waals surface area contributed by atoms with Gasteiger partial charge in [-0.1, -0.05) is 33.1 Å². The zero-order valence-corrected chi connectivity index (χ0v) is 18.5. The SMILES string of the molecule is CC(C)C(=O)N1CCCCCCCNCc2cc(C(=O)N3CCC(O)CC3)ccc21. The highest BCUT2D eigenvalue weighted by atomic mass is 16.3. The summed E-state index contributed by atoms with van der Waals surface area (Å²) in [6.07, 6.45) is 6.66. The molecule has 1 fully saturated rings. The predicted octanol–water partition coefficient (Wildman–Crippen LogP) is 3.33. The summed E-state index contributed by atoms with van der Waals surface area (Å²) in [7, 11) is 0. The van der Waals surface area contributed by atoms with E-state index in [-0.39, 0.29) is 23.8 Å². The Kier molecular flexibility index (Phi) is 8.28. The van der Waals surface area contributed by atoms with Crippen LogP contribution >= 0.6 is 0 Å². The lowest BCUT2D eigenvalue weighted by atomic mass is 10.0. The second-order valence-corrected chi connectivity index (χ2v) is 8.96. The van der Waals surface area contributed by atoms with Crippen molar-refractivity contribution in [3.63, 3.8) is 0 Å². The molecule has 6 heteroatoms. The summed E-state index contributed by atoms with van der Waals surface area (Å²) < 4.78 is 0. The number of nitrogens with one attached hydrogen (secondary N) is 1. The molecule has 1 aromatic rings. The number of aliphatic hydroxyl groups excluding tert-OH is 1. The lowest BCUT2D eigenvalue weighted by molar-refractivity contribution is -0.121. The predicted molar refractivity (Wildman–Crippen MR) is 120 cm³/mol. The molecule has 6 nitrogen and oxygen atoms in total. The van der Waals surface area contributed by atoms with Crippen molar-refractivity contribution in [3.05, 3.63) is 29.3 Å². The molecule has 2 heterocycles. The van der Waals surface area contributed by atoms with Gasteiger partial charge in [0.1, 0.15) is 0 Å². The molecule has 0 aliphatic carbocycles. The number of amides is 2. The Balaban J connectivity index is 1.88. The molecule has 0 unspecified atom stereocenters. The molecule has 166 valence electrons. The van der Waals surface area contributed by atoms with Crippen LogP contribution in [0.4, 0.5) is 5.69 Å². The van der Waals surface area contributed by atoms with Crippen LogP contribution in [0.2, 0.25) is 0 Å². The van der Waals surface area contributed by atoms with Gasteiger partial charge in [-0.05, 0) is 56.0 Å². The molecule has 0 radical (unpaired) electrons. The van der Waals surface area contributed by atoms with Crippen molar-refractivity contribution < 1.29 is 14.7 Å². The van der Waals surface area contributed by atoms with Gasteiger partial charge in [0.2, 0.25) is 5.91 Å². The van der Waals surface area contributed by atoms with Gasteiger partial charge in [-0.15, -0.1) is 0 Å². The van der Waals surface area contributed by atoms with Crippen LogP contribution < -0.4 is 10.2 Å². The number of piperidine rings is 1. The van der Waals surface area contributed by atoms with E-state index in [1.807, 2.05) is 41.8 Å². The average Bonchev–Trinajstić information content (AvgIpc) is 2.73. The number of hydrogen-bond acceptors (Lipinski definition) is 4. The molecule has 1 aromatic carbocycles. The number of likely N-dealkylation sites (tertiary alicyclic amines) is 1. The van der Waals surface area contributed by atoms with Crippen LogP contribution in [0.25, 0.3) is 0 Å². The number of fused-ring (bicyclic) bond motifs is 1. The number of carbonyl (C=O) groups excluding carboxylic acids is 2. The van der Waals surface area contributed by atoms with Crippen molar-refractivity contribution in [1.29, 1.82) is 0 Å². The molecular formula is C24H37N3O3. The number of carbonyl (C=O) groups is 2. The highest BCUT2D eigenvalue weighted by Gasteiger charge is 2.25. The lowest BCUT2D eigenvalue weighted by Gasteiger charge is -2.31. The largest absolute Gasteiger partial charge is 0.393 e.